The predicted octanol–water partition coefficient (Wildman–Crippen LogP) is 2.44. The number of anilines is 1. The lowest BCUT2D eigenvalue weighted by molar-refractivity contribution is -0.121. The van der Waals surface area contributed by atoms with E-state index in [0.717, 1.165) is 5.56 Å². The zero-order valence-electron chi connectivity index (χ0n) is 14.9. The van der Waals surface area contributed by atoms with Gasteiger partial charge < -0.3 is 11.1 Å². The fourth-order valence-corrected chi connectivity index (χ4v) is 3.23. The van der Waals surface area contributed by atoms with Crippen LogP contribution >= 0.6 is 11.3 Å². The van der Waals surface area contributed by atoms with E-state index in [-0.39, 0.29) is 17.8 Å². The van der Waals surface area contributed by atoms with E-state index in [4.69, 9.17) is 5.73 Å². The molecule has 0 aliphatic rings. The zero-order valence-corrected chi connectivity index (χ0v) is 15.8. The molecule has 0 radical (unpaired) electrons. The molecule has 148 valence electrons. The van der Waals surface area contributed by atoms with Crippen molar-refractivity contribution >= 4 is 34.9 Å². The molecule has 0 fully saturated rings. The predicted molar refractivity (Wildman–Crippen MR) is 106 cm³/mol. The van der Waals surface area contributed by atoms with Gasteiger partial charge in [-0.05, 0) is 42.5 Å². The number of amides is 4. The fraction of sp³-hybridized carbons (Fsp3) is 0.0526. The third-order valence-corrected chi connectivity index (χ3v) is 4.63. The highest BCUT2D eigenvalue weighted by atomic mass is 32.1. The van der Waals surface area contributed by atoms with E-state index in [1.54, 1.807) is 29.6 Å². The SMILES string of the molecule is NC(=O)Nc1cccc(C(=O)NNC(=O)Cc2csc(-c3ccc(F)cc3)n2)c1. The van der Waals surface area contributed by atoms with Crippen molar-refractivity contribution in [3.8, 4) is 10.6 Å². The van der Waals surface area contributed by atoms with Crippen LogP contribution in [0.15, 0.2) is 53.9 Å². The third kappa shape index (κ3) is 5.59. The summed E-state index contributed by atoms with van der Waals surface area (Å²) in [4.78, 5) is 39.4. The Balaban J connectivity index is 1.54. The van der Waals surface area contributed by atoms with Crippen LogP contribution < -0.4 is 21.9 Å². The molecule has 1 heterocycles. The average molecular weight is 413 g/mol. The quantitative estimate of drug-likeness (QED) is 0.479. The van der Waals surface area contributed by atoms with Crippen molar-refractivity contribution in [2.75, 3.05) is 5.32 Å². The Morgan fingerprint density at radius 1 is 1.07 bits per heavy atom. The first-order valence-electron chi connectivity index (χ1n) is 8.37. The first kappa shape index (κ1) is 20.0. The van der Waals surface area contributed by atoms with Crippen molar-refractivity contribution in [3.05, 3.63) is 71.0 Å². The lowest BCUT2D eigenvalue weighted by Gasteiger charge is -2.08. The number of carbonyl (C=O) groups excluding carboxylic acids is 3. The number of nitrogens with two attached hydrogens (primary N) is 1. The van der Waals surface area contributed by atoms with Crippen molar-refractivity contribution in [3.63, 3.8) is 0 Å². The first-order chi connectivity index (χ1) is 13.9. The van der Waals surface area contributed by atoms with E-state index in [0.29, 0.717) is 16.4 Å². The van der Waals surface area contributed by atoms with Gasteiger partial charge in [0.1, 0.15) is 10.8 Å². The van der Waals surface area contributed by atoms with Gasteiger partial charge >= 0.3 is 6.03 Å². The number of aromatic nitrogens is 1. The number of rotatable bonds is 5. The number of hydrogen-bond donors (Lipinski definition) is 4. The molecule has 0 saturated carbocycles. The number of nitrogens with one attached hydrogen (secondary N) is 3. The molecule has 5 N–H and O–H groups in total. The lowest BCUT2D eigenvalue weighted by Crippen LogP contribution is -2.42. The van der Waals surface area contributed by atoms with Crippen molar-refractivity contribution in [1.29, 1.82) is 0 Å². The number of nitrogens with zero attached hydrogens (tertiary/aromatic N) is 1. The van der Waals surface area contributed by atoms with E-state index in [2.05, 4.69) is 21.2 Å². The van der Waals surface area contributed by atoms with Crippen LogP contribution in [0.3, 0.4) is 0 Å². The van der Waals surface area contributed by atoms with Gasteiger partial charge in [-0.3, -0.25) is 20.4 Å². The van der Waals surface area contributed by atoms with E-state index in [1.165, 1.54) is 35.6 Å². The van der Waals surface area contributed by atoms with Crippen molar-refractivity contribution in [1.82, 2.24) is 15.8 Å². The molecule has 3 aromatic rings. The minimum atomic E-state index is -0.751. The fourth-order valence-electron chi connectivity index (χ4n) is 2.40. The van der Waals surface area contributed by atoms with Crippen molar-refractivity contribution < 1.29 is 18.8 Å². The van der Waals surface area contributed by atoms with E-state index < -0.39 is 17.8 Å². The van der Waals surface area contributed by atoms with Crippen LogP contribution in [0.25, 0.3) is 10.6 Å². The van der Waals surface area contributed by atoms with Gasteiger partial charge in [0.05, 0.1) is 12.1 Å². The molecule has 0 unspecified atom stereocenters. The van der Waals surface area contributed by atoms with E-state index >= 15 is 0 Å². The number of benzene rings is 2. The Kier molecular flexibility index (Phi) is 6.15. The summed E-state index contributed by atoms with van der Waals surface area (Å²) in [5.74, 6) is -1.35. The summed E-state index contributed by atoms with van der Waals surface area (Å²) >= 11 is 1.33. The Labute approximate surface area is 168 Å². The second-order valence-corrected chi connectivity index (χ2v) is 6.76. The van der Waals surface area contributed by atoms with Gasteiger partial charge in [0, 0.05) is 22.2 Å². The maximum absolute atomic E-state index is 13.0. The lowest BCUT2D eigenvalue weighted by atomic mass is 10.2. The number of primary amides is 1. The van der Waals surface area contributed by atoms with Crippen LogP contribution in [0.5, 0.6) is 0 Å². The number of urea groups is 1. The van der Waals surface area contributed by atoms with Crippen LogP contribution in [-0.4, -0.2) is 22.8 Å². The van der Waals surface area contributed by atoms with Gasteiger partial charge in [-0.15, -0.1) is 11.3 Å². The maximum atomic E-state index is 13.0. The number of halogens is 1. The molecule has 0 spiro atoms. The first-order valence-corrected chi connectivity index (χ1v) is 9.25. The topological polar surface area (TPSA) is 126 Å². The van der Waals surface area contributed by atoms with Crippen molar-refractivity contribution in [2.24, 2.45) is 5.73 Å². The van der Waals surface area contributed by atoms with Gasteiger partial charge in [0.2, 0.25) is 5.91 Å². The molecule has 0 saturated heterocycles. The van der Waals surface area contributed by atoms with Gasteiger partial charge in [-0.25, -0.2) is 14.2 Å². The van der Waals surface area contributed by atoms with Crippen LogP contribution in [0.4, 0.5) is 14.9 Å². The Morgan fingerprint density at radius 3 is 2.55 bits per heavy atom. The summed E-state index contributed by atoms with van der Waals surface area (Å²) in [6, 6.07) is 11.2. The summed E-state index contributed by atoms with van der Waals surface area (Å²) in [5.41, 5.74) is 11.5. The monoisotopic (exact) mass is 413 g/mol. The third-order valence-electron chi connectivity index (χ3n) is 3.69. The highest BCUT2D eigenvalue weighted by Gasteiger charge is 2.12. The maximum Gasteiger partial charge on any atom is 0.316 e. The average Bonchev–Trinajstić information content (AvgIpc) is 3.14. The number of carbonyl (C=O) groups is 3. The Morgan fingerprint density at radius 2 is 1.83 bits per heavy atom. The summed E-state index contributed by atoms with van der Waals surface area (Å²) < 4.78 is 13.0. The number of hydrazine groups is 1. The highest BCUT2D eigenvalue weighted by molar-refractivity contribution is 7.13. The van der Waals surface area contributed by atoms with Crippen LogP contribution in [0.2, 0.25) is 0 Å². The van der Waals surface area contributed by atoms with E-state index in [1.807, 2.05) is 0 Å². The molecular formula is C19H16FN5O3S. The van der Waals surface area contributed by atoms with Crippen LogP contribution in [0.1, 0.15) is 16.1 Å². The van der Waals surface area contributed by atoms with Gasteiger partial charge in [0.25, 0.3) is 5.91 Å². The summed E-state index contributed by atoms with van der Waals surface area (Å²) in [5, 5.41) is 4.74. The molecule has 0 bridgehead atoms. The number of hydrogen-bond acceptors (Lipinski definition) is 5. The van der Waals surface area contributed by atoms with Crippen molar-refractivity contribution in [2.45, 2.75) is 6.42 Å². The smallest absolute Gasteiger partial charge is 0.316 e. The molecule has 0 aliphatic carbocycles. The molecule has 4 amide bonds. The van der Waals surface area contributed by atoms with Crippen LogP contribution in [-0.2, 0) is 11.2 Å². The standard InChI is InChI=1S/C19H16FN5O3S/c20-13-6-4-11(5-7-13)18-22-15(10-29-18)9-16(26)24-25-17(27)12-2-1-3-14(8-12)23-19(21)28/h1-8,10H,9H2,(H,24,26)(H,25,27)(H3,21,23,28). The molecule has 0 aliphatic heterocycles. The number of thiazole rings is 1. The molecule has 0 atom stereocenters. The second kappa shape index (κ2) is 8.93. The van der Waals surface area contributed by atoms with Gasteiger partial charge in [-0.1, -0.05) is 6.07 Å². The van der Waals surface area contributed by atoms with Gasteiger partial charge in [-0.2, -0.15) is 0 Å². The molecule has 3 rings (SSSR count). The normalized spacial score (nSPS) is 10.2. The summed E-state index contributed by atoms with van der Waals surface area (Å²) in [6.07, 6.45) is -0.0404. The molecule has 29 heavy (non-hydrogen) atoms. The van der Waals surface area contributed by atoms with Crippen LogP contribution in [0, 0.1) is 5.82 Å². The molecular weight excluding hydrogens is 397 g/mol. The van der Waals surface area contributed by atoms with Gasteiger partial charge in [0.15, 0.2) is 0 Å². The Bertz CT molecular complexity index is 1050. The minimum absolute atomic E-state index is 0.0404. The second-order valence-electron chi connectivity index (χ2n) is 5.90. The highest BCUT2D eigenvalue weighted by Crippen LogP contribution is 2.24. The molecule has 2 aromatic carbocycles. The molecule has 10 heteroatoms. The van der Waals surface area contributed by atoms with E-state index in [9.17, 15) is 18.8 Å². The summed E-state index contributed by atoms with van der Waals surface area (Å²) in [7, 11) is 0. The Hall–Kier alpha value is -3.79. The largest absolute Gasteiger partial charge is 0.351 e. The molecule has 8 nitrogen and oxygen atoms in total. The molecule has 1 aromatic heterocycles. The minimum Gasteiger partial charge on any atom is -0.351 e. The summed E-state index contributed by atoms with van der Waals surface area (Å²) in [6.45, 7) is 0. The zero-order chi connectivity index (χ0) is 20.8.